The molecule has 25 heavy (non-hydrogen) atoms. The van der Waals surface area contributed by atoms with Crippen molar-refractivity contribution in [1.29, 1.82) is 0 Å². The molecule has 132 valence electrons. The number of rotatable bonds is 5. The first kappa shape index (κ1) is 18.2. The van der Waals surface area contributed by atoms with Crippen LogP contribution in [-0.2, 0) is 0 Å². The minimum atomic E-state index is -0.121. The molecule has 0 aliphatic carbocycles. The van der Waals surface area contributed by atoms with Crippen molar-refractivity contribution in [1.82, 2.24) is 15.2 Å². The SMILES string of the molecule is O=C(NCCN1CCCCC1)c1cncc(-c2cccc(Cl)c2Cl)c1. The highest BCUT2D eigenvalue weighted by Crippen LogP contribution is 2.33. The number of hydrogen-bond donors (Lipinski definition) is 1. The zero-order valence-corrected chi connectivity index (χ0v) is 15.5. The summed E-state index contributed by atoms with van der Waals surface area (Å²) in [7, 11) is 0. The fraction of sp³-hybridized carbons (Fsp3) is 0.368. The van der Waals surface area contributed by atoms with Gasteiger partial charge in [0, 0.05) is 36.6 Å². The van der Waals surface area contributed by atoms with Crippen LogP contribution in [0, 0.1) is 0 Å². The molecule has 0 unspecified atom stereocenters. The number of nitrogens with one attached hydrogen (secondary N) is 1. The van der Waals surface area contributed by atoms with Crippen molar-refractivity contribution in [2.45, 2.75) is 19.3 Å². The molecule has 1 aromatic carbocycles. The van der Waals surface area contributed by atoms with E-state index in [1.807, 2.05) is 12.1 Å². The number of amides is 1. The van der Waals surface area contributed by atoms with E-state index in [-0.39, 0.29) is 5.91 Å². The first-order valence-electron chi connectivity index (χ1n) is 8.55. The third-order valence-electron chi connectivity index (χ3n) is 4.43. The fourth-order valence-corrected chi connectivity index (χ4v) is 3.46. The minimum absolute atomic E-state index is 0.121. The van der Waals surface area contributed by atoms with E-state index in [0.29, 0.717) is 22.2 Å². The van der Waals surface area contributed by atoms with Crippen LogP contribution in [0.15, 0.2) is 36.7 Å². The quantitative estimate of drug-likeness (QED) is 0.845. The number of likely N-dealkylation sites (tertiary alicyclic amines) is 1. The zero-order valence-electron chi connectivity index (χ0n) is 14.0. The molecule has 0 radical (unpaired) electrons. The summed E-state index contributed by atoms with van der Waals surface area (Å²) in [6, 6.07) is 7.22. The maximum atomic E-state index is 12.4. The van der Waals surface area contributed by atoms with Crippen LogP contribution < -0.4 is 5.32 Å². The Labute approximate surface area is 158 Å². The lowest BCUT2D eigenvalue weighted by Crippen LogP contribution is -2.37. The van der Waals surface area contributed by atoms with Crippen molar-refractivity contribution in [2.75, 3.05) is 26.2 Å². The van der Waals surface area contributed by atoms with E-state index in [1.165, 1.54) is 19.3 Å². The molecule has 0 saturated carbocycles. The van der Waals surface area contributed by atoms with Gasteiger partial charge in [0.15, 0.2) is 0 Å². The number of piperidine rings is 1. The molecule has 1 saturated heterocycles. The Morgan fingerprint density at radius 1 is 1.16 bits per heavy atom. The van der Waals surface area contributed by atoms with Crippen LogP contribution in [0.1, 0.15) is 29.6 Å². The predicted molar refractivity (Wildman–Crippen MR) is 102 cm³/mol. The van der Waals surface area contributed by atoms with Gasteiger partial charge in [0.2, 0.25) is 0 Å². The van der Waals surface area contributed by atoms with Gasteiger partial charge in [-0.3, -0.25) is 9.78 Å². The number of pyridine rings is 1. The Balaban J connectivity index is 1.64. The molecule has 4 nitrogen and oxygen atoms in total. The molecule has 1 N–H and O–H groups in total. The van der Waals surface area contributed by atoms with Gasteiger partial charge < -0.3 is 10.2 Å². The summed E-state index contributed by atoms with van der Waals surface area (Å²) in [5.74, 6) is -0.121. The van der Waals surface area contributed by atoms with Crippen LogP contribution in [0.3, 0.4) is 0 Å². The molecular formula is C19H21Cl2N3O. The lowest BCUT2D eigenvalue weighted by Gasteiger charge is -2.26. The van der Waals surface area contributed by atoms with E-state index in [2.05, 4.69) is 15.2 Å². The molecule has 0 atom stereocenters. The van der Waals surface area contributed by atoms with Gasteiger partial charge in [-0.2, -0.15) is 0 Å². The number of hydrogen-bond acceptors (Lipinski definition) is 3. The molecule has 1 amide bonds. The van der Waals surface area contributed by atoms with Crippen molar-refractivity contribution >= 4 is 29.1 Å². The Morgan fingerprint density at radius 2 is 1.96 bits per heavy atom. The Morgan fingerprint density at radius 3 is 2.76 bits per heavy atom. The van der Waals surface area contributed by atoms with Crippen molar-refractivity contribution in [3.63, 3.8) is 0 Å². The Hall–Kier alpha value is -1.62. The van der Waals surface area contributed by atoms with Gasteiger partial charge in [-0.25, -0.2) is 0 Å². The lowest BCUT2D eigenvalue weighted by molar-refractivity contribution is 0.0946. The molecule has 1 aliphatic heterocycles. The van der Waals surface area contributed by atoms with E-state index < -0.39 is 0 Å². The molecule has 0 spiro atoms. The van der Waals surface area contributed by atoms with Crippen LogP contribution in [0.25, 0.3) is 11.1 Å². The van der Waals surface area contributed by atoms with Crippen LogP contribution >= 0.6 is 23.2 Å². The Kier molecular flexibility index (Phi) is 6.29. The number of benzene rings is 1. The second-order valence-corrected chi connectivity index (χ2v) is 7.01. The van der Waals surface area contributed by atoms with E-state index in [9.17, 15) is 4.79 Å². The monoisotopic (exact) mass is 377 g/mol. The molecule has 6 heteroatoms. The van der Waals surface area contributed by atoms with E-state index >= 15 is 0 Å². The van der Waals surface area contributed by atoms with Crippen molar-refractivity contribution in [2.24, 2.45) is 0 Å². The van der Waals surface area contributed by atoms with Gasteiger partial charge in [-0.05, 0) is 38.1 Å². The second-order valence-electron chi connectivity index (χ2n) is 6.22. The van der Waals surface area contributed by atoms with E-state index in [4.69, 9.17) is 23.2 Å². The summed E-state index contributed by atoms with van der Waals surface area (Å²) < 4.78 is 0. The van der Waals surface area contributed by atoms with Gasteiger partial charge in [0.25, 0.3) is 5.91 Å². The number of halogens is 2. The maximum Gasteiger partial charge on any atom is 0.252 e. The summed E-state index contributed by atoms with van der Waals surface area (Å²) in [4.78, 5) is 19.0. The zero-order chi connectivity index (χ0) is 17.6. The summed E-state index contributed by atoms with van der Waals surface area (Å²) in [6.45, 7) is 3.78. The largest absolute Gasteiger partial charge is 0.351 e. The first-order chi connectivity index (χ1) is 12.1. The average molecular weight is 378 g/mol. The molecule has 0 bridgehead atoms. The van der Waals surface area contributed by atoms with Gasteiger partial charge in [-0.1, -0.05) is 41.8 Å². The third kappa shape index (κ3) is 4.72. The standard InChI is InChI=1S/C19H21Cl2N3O/c20-17-6-4-5-16(18(17)21)14-11-15(13-22-12-14)19(25)23-7-10-24-8-2-1-3-9-24/h4-6,11-13H,1-3,7-10H2,(H,23,25). The maximum absolute atomic E-state index is 12.4. The average Bonchev–Trinajstić information content (AvgIpc) is 2.65. The van der Waals surface area contributed by atoms with Crippen LogP contribution in [0.4, 0.5) is 0 Å². The second kappa shape index (κ2) is 8.65. The normalized spacial score (nSPS) is 15.1. The van der Waals surface area contributed by atoms with E-state index in [1.54, 1.807) is 24.5 Å². The molecule has 1 fully saturated rings. The first-order valence-corrected chi connectivity index (χ1v) is 9.31. The number of aromatic nitrogens is 1. The lowest BCUT2D eigenvalue weighted by atomic mass is 10.1. The minimum Gasteiger partial charge on any atom is -0.351 e. The summed E-state index contributed by atoms with van der Waals surface area (Å²) in [5, 5.41) is 3.92. The molecule has 2 aromatic rings. The fourth-order valence-electron chi connectivity index (χ4n) is 3.05. The molecular weight excluding hydrogens is 357 g/mol. The Bertz CT molecular complexity index is 745. The van der Waals surface area contributed by atoms with E-state index in [0.717, 1.165) is 30.8 Å². The van der Waals surface area contributed by atoms with Gasteiger partial charge in [0.1, 0.15) is 0 Å². The van der Waals surface area contributed by atoms with Crippen molar-refractivity contribution < 1.29 is 4.79 Å². The van der Waals surface area contributed by atoms with Gasteiger partial charge >= 0.3 is 0 Å². The number of nitrogens with zero attached hydrogens (tertiary/aromatic N) is 2. The summed E-state index contributed by atoms with van der Waals surface area (Å²) in [5.41, 5.74) is 2.06. The predicted octanol–water partition coefficient (Wildman–Crippen LogP) is 4.27. The third-order valence-corrected chi connectivity index (χ3v) is 5.24. The van der Waals surface area contributed by atoms with Crippen LogP contribution in [0.2, 0.25) is 10.0 Å². The van der Waals surface area contributed by atoms with Crippen LogP contribution in [0.5, 0.6) is 0 Å². The molecule has 1 aromatic heterocycles. The number of carbonyl (C=O) groups is 1. The summed E-state index contributed by atoms with van der Waals surface area (Å²) >= 11 is 12.3. The van der Waals surface area contributed by atoms with Crippen LogP contribution in [-0.4, -0.2) is 42.0 Å². The highest BCUT2D eigenvalue weighted by molar-refractivity contribution is 6.43. The number of carbonyl (C=O) groups excluding carboxylic acids is 1. The highest BCUT2D eigenvalue weighted by Gasteiger charge is 2.13. The highest BCUT2D eigenvalue weighted by atomic mass is 35.5. The van der Waals surface area contributed by atoms with Crippen molar-refractivity contribution in [3.8, 4) is 11.1 Å². The topological polar surface area (TPSA) is 45.2 Å². The molecule has 2 heterocycles. The molecule has 3 rings (SSSR count). The smallest absolute Gasteiger partial charge is 0.252 e. The summed E-state index contributed by atoms with van der Waals surface area (Å²) in [6.07, 6.45) is 7.06. The molecule has 1 aliphatic rings. The van der Waals surface area contributed by atoms with Gasteiger partial charge in [0.05, 0.1) is 15.6 Å². The van der Waals surface area contributed by atoms with Crippen molar-refractivity contribution in [3.05, 3.63) is 52.3 Å². The van der Waals surface area contributed by atoms with Gasteiger partial charge in [-0.15, -0.1) is 0 Å².